The smallest absolute Gasteiger partial charge is 0.198 e. The second-order valence-electron chi connectivity index (χ2n) is 3.65. The first-order valence-corrected chi connectivity index (χ1v) is 6.70. The van der Waals surface area contributed by atoms with E-state index in [1.807, 2.05) is 7.05 Å². The highest BCUT2D eigenvalue weighted by Gasteiger charge is 2.06. The van der Waals surface area contributed by atoms with Crippen LogP contribution in [0.2, 0.25) is 0 Å². The normalized spacial score (nSPS) is 11.9. The third kappa shape index (κ3) is 2.71. The third-order valence-corrected chi connectivity index (χ3v) is 4.27. The predicted molar refractivity (Wildman–Crippen MR) is 73.8 cm³/mol. The lowest BCUT2D eigenvalue weighted by Gasteiger charge is -2.17. The number of aryl methyl sites for hydroxylation is 1. The van der Waals surface area contributed by atoms with Crippen molar-refractivity contribution in [3.8, 4) is 0 Å². The highest BCUT2D eigenvalue weighted by molar-refractivity contribution is 7.80. The highest BCUT2D eigenvalue weighted by atomic mass is 32.1. The van der Waals surface area contributed by atoms with Crippen LogP contribution in [0.4, 0.5) is 0 Å². The second-order valence-corrected chi connectivity index (χ2v) is 5.20. The minimum atomic E-state index is 0.682. The van der Waals surface area contributed by atoms with E-state index >= 15 is 0 Å². The first kappa shape index (κ1) is 13.4. The SMILES string of the molecule is CCN(CC)C(=S)N=c1sc(C)c(C)n1C. The monoisotopic (exact) mass is 257 g/mol. The van der Waals surface area contributed by atoms with Crippen LogP contribution in [0.25, 0.3) is 0 Å². The van der Waals surface area contributed by atoms with E-state index in [9.17, 15) is 0 Å². The van der Waals surface area contributed by atoms with Crippen LogP contribution < -0.4 is 4.80 Å². The summed E-state index contributed by atoms with van der Waals surface area (Å²) in [7, 11) is 2.03. The van der Waals surface area contributed by atoms with E-state index in [-0.39, 0.29) is 0 Å². The maximum atomic E-state index is 5.32. The molecule has 1 aromatic rings. The zero-order valence-electron chi connectivity index (χ0n) is 10.6. The number of hydrogen-bond acceptors (Lipinski definition) is 2. The minimum absolute atomic E-state index is 0.682. The number of nitrogens with zero attached hydrogens (tertiary/aromatic N) is 3. The number of aromatic nitrogens is 1. The van der Waals surface area contributed by atoms with E-state index in [1.54, 1.807) is 11.3 Å². The van der Waals surface area contributed by atoms with E-state index in [0.29, 0.717) is 5.11 Å². The molecule has 16 heavy (non-hydrogen) atoms. The van der Waals surface area contributed by atoms with Crippen LogP contribution >= 0.6 is 23.6 Å². The van der Waals surface area contributed by atoms with Gasteiger partial charge in [-0.3, -0.25) is 0 Å². The van der Waals surface area contributed by atoms with Gasteiger partial charge >= 0.3 is 0 Å². The molecule has 0 radical (unpaired) electrons. The van der Waals surface area contributed by atoms with E-state index < -0.39 is 0 Å². The van der Waals surface area contributed by atoms with Gasteiger partial charge in [-0.1, -0.05) is 0 Å². The van der Waals surface area contributed by atoms with Crippen molar-refractivity contribution in [3.63, 3.8) is 0 Å². The Morgan fingerprint density at radius 2 is 1.94 bits per heavy atom. The van der Waals surface area contributed by atoms with Crippen molar-refractivity contribution in [2.45, 2.75) is 27.7 Å². The Morgan fingerprint density at radius 3 is 2.31 bits per heavy atom. The Labute approximate surface area is 106 Å². The highest BCUT2D eigenvalue weighted by Crippen LogP contribution is 2.07. The number of rotatable bonds is 2. The Morgan fingerprint density at radius 1 is 1.38 bits per heavy atom. The molecule has 0 amide bonds. The van der Waals surface area contributed by atoms with Gasteiger partial charge in [0.1, 0.15) is 0 Å². The molecule has 0 N–H and O–H groups in total. The molecule has 0 bridgehead atoms. The van der Waals surface area contributed by atoms with Gasteiger partial charge in [0.15, 0.2) is 9.91 Å². The molecule has 3 nitrogen and oxygen atoms in total. The molecular formula is C11H19N3S2. The molecule has 0 aromatic carbocycles. The molecule has 5 heteroatoms. The minimum Gasteiger partial charge on any atom is -0.348 e. The van der Waals surface area contributed by atoms with Crippen LogP contribution in [-0.4, -0.2) is 27.7 Å². The Bertz CT molecular complexity index is 439. The van der Waals surface area contributed by atoms with Gasteiger partial charge in [0, 0.05) is 30.7 Å². The topological polar surface area (TPSA) is 20.5 Å². The maximum absolute atomic E-state index is 5.32. The maximum Gasteiger partial charge on any atom is 0.198 e. The molecular weight excluding hydrogens is 238 g/mol. The summed E-state index contributed by atoms with van der Waals surface area (Å²) in [4.78, 5) is 8.88. The molecule has 0 aliphatic rings. The number of thiazole rings is 1. The summed E-state index contributed by atoms with van der Waals surface area (Å²) < 4.78 is 2.09. The van der Waals surface area contributed by atoms with Gasteiger partial charge in [-0.05, 0) is 39.9 Å². The number of thiocarbonyl (C=S) groups is 1. The summed E-state index contributed by atoms with van der Waals surface area (Å²) in [5, 5.41) is 0.682. The van der Waals surface area contributed by atoms with Gasteiger partial charge in [-0.2, -0.15) is 4.99 Å². The quantitative estimate of drug-likeness (QED) is 0.757. The van der Waals surface area contributed by atoms with Crippen LogP contribution in [0.1, 0.15) is 24.4 Å². The van der Waals surface area contributed by atoms with E-state index in [4.69, 9.17) is 12.2 Å². The fraction of sp³-hybridized carbons (Fsp3) is 0.636. The molecule has 90 valence electrons. The lowest BCUT2D eigenvalue weighted by atomic mass is 10.4. The average molecular weight is 257 g/mol. The van der Waals surface area contributed by atoms with Crippen molar-refractivity contribution in [2.75, 3.05) is 13.1 Å². The predicted octanol–water partition coefficient (Wildman–Crippen LogP) is 2.23. The zero-order valence-corrected chi connectivity index (χ0v) is 12.2. The van der Waals surface area contributed by atoms with Gasteiger partial charge in [0.2, 0.25) is 0 Å². The first-order valence-electron chi connectivity index (χ1n) is 5.47. The summed E-state index contributed by atoms with van der Waals surface area (Å²) in [5.74, 6) is 0. The number of hydrogen-bond donors (Lipinski definition) is 0. The van der Waals surface area contributed by atoms with Crippen molar-refractivity contribution in [3.05, 3.63) is 15.4 Å². The molecule has 0 saturated carbocycles. The molecule has 0 saturated heterocycles. The zero-order chi connectivity index (χ0) is 12.3. The molecule has 0 spiro atoms. The summed E-state index contributed by atoms with van der Waals surface area (Å²) in [6.45, 7) is 10.2. The standard InChI is InChI=1S/C11H19N3S2/c1-6-14(7-2)10(15)12-11-13(5)8(3)9(4)16-11/h6-7H2,1-5H3. The van der Waals surface area contributed by atoms with Gasteiger partial charge < -0.3 is 9.47 Å². The molecule has 0 aliphatic heterocycles. The van der Waals surface area contributed by atoms with E-state index in [1.165, 1.54) is 10.6 Å². The van der Waals surface area contributed by atoms with Crippen molar-refractivity contribution in [1.29, 1.82) is 0 Å². The summed E-state index contributed by atoms with van der Waals surface area (Å²) in [6.07, 6.45) is 0. The van der Waals surface area contributed by atoms with Crippen molar-refractivity contribution < 1.29 is 0 Å². The third-order valence-electron chi connectivity index (χ3n) is 2.77. The summed E-state index contributed by atoms with van der Waals surface area (Å²) >= 11 is 7.01. The molecule has 0 unspecified atom stereocenters. The van der Waals surface area contributed by atoms with Gasteiger partial charge in [0.25, 0.3) is 0 Å². The van der Waals surface area contributed by atoms with Gasteiger partial charge in [0.05, 0.1) is 0 Å². The van der Waals surface area contributed by atoms with E-state index in [2.05, 4.69) is 42.2 Å². The van der Waals surface area contributed by atoms with Gasteiger partial charge in [-0.25, -0.2) is 0 Å². The molecule has 1 rings (SSSR count). The van der Waals surface area contributed by atoms with Crippen LogP contribution in [0.5, 0.6) is 0 Å². The molecule has 0 aliphatic carbocycles. The fourth-order valence-corrected chi connectivity index (χ4v) is 2.77. The molecule has 1 aromatic heterocycles. The first-order chi connectivity index (χ1) is 7.51. The van der Waals surface area contributed by atoms with Crippen molar-refractivity contribution >= 4 is 28.7 Å². The Balaban J connectivity index is 3.08. The lowest BCUT2D eigenvalue weighted by molar-refractivity contribution is 0.468. The van der Waals surface area contributed by atoms with E-state index in [0.717, 1.165) is 17.9 Å². The van der Waals surface area contributed by atoms with Crippen molar-refractivity contribution in [1.82, 2.24) is 9.47 Å². The summed E-state index contributed by atoms with van der Waals surface area (Å²) in [5.41, 5.74) is 1.26. The lowest BCUT2D eigenvalue weighted by Crippen LogP contribution is -2.29. The molecule has 1 heterocycles. The fourth-order valence-electron chi connectivity index (χ4n) is 1.40. The summed E-state index contributed by atoms with van der Waals surface area (Å²) in [6, 6.07) is 0. The Kier molecular flexibility index (Phi) is 4.68. The largest absolute Gasteiger partial charge is 0.348 e. The van der Waals surface area contributed by atoms with Crippen LogP contribution in [0.3, 0.4) is 0 Å². The van der Waals surface area contributed by atoms with Crippen LogP contribution in [0, 0.1) is 13.8 Å². The molecule has 0 fully saturated rings. The molecule has 0 atom stereocenters. The van der Waals surface area contributed by atoms with Gasteiger partial charge in [-0.15, -0.1) is 11.3 Å². The van der Waals surface area contributed by atoms with Crippen LogP contribution in [-0.2, 0) is 7.05 Å². The Hall–Kier alpha value is -0.680. The second kappa shape index (κ2) is 5.59. The van der Waals surface area contributed by atoms with Crippen molar-refractivity contribution in [2.24, 2.45) is 12.0 Å². The van der Waals surface area contributed by atoms with Crippen LogP contribution in [0.15, 0.2) is 4.99 Å². The average Bonchev–Trinajstić information content (AvgIpc) is 2.48.